The highest BCUT2D eigenvalue weighted by atomic mass is 16.4. The fraction of sp³-hybridized carbons (Fsp3) is 0.523. The normalized spacial score (nSPS) is 17.5. The fourth-order valence-electron chi connectivity index (χ4n) is 12.5. The van der Waals surface area contributed by atoms with Gasteiger partial charge < -0.3 is 87.5 Å². The zero-order valence-corrected chi connectivity index (χ0v) is 53.9. The molecule has 2 aliphatic heterocycles. The standard InChI is InChI=1S/C65H92BN13O13/c1-9-10-20-54(65(90)76(6)7)77(8)63(88)51(29-42-34-78(36-56(81)82)53-21-14-12-17-45(42)53)74-59(84)48(22-23-67)71-60(85)49(28-41-32-70-46-18-13-11-16-44(41)46)72-62(87)55-30-43(80)35-79(55)64(89)50(25-37(2)3)73-61(86)52(75-58(83)47-19-15-24-69-47)33-68-31-40-26-38(4)57(66(91)92)39(5)27-40/h11-14,16-18,21,26-27,32,34,37,43,47-52,54-55,68-70,80,91-92H,9-10,15,19-20,22-25,28-31,33,35-36,67H2,1-8H3,(H,71,85)(H,72,87)(H,73,86)(H,74,84)(H,75,83)(H,81,82)/t43-,47+,48+,49+,50+,51+,52+,54+,55+/m1/s1. The van der Waals surface area contributed by atoms with Crippen molar-refractivity contribution >= 4 is 87.6 Å². The molecule has 0 saturated carbocycles. The highest BCUT2D eigenvalue weighted by Gasteiger charge is 2.44. The van der Waals surface area contributed by atoms with E-state index in [1.54, 1.807) is 82.8 Å². The second-order valence-electron chi connectivity index (χ2n) is 25.0. The average Bonchev–Trinajstić information content (AvgIpc) is 1.66. The van der Waals surface area contributed by atoms with Crippen LogP contribution in [0.3, 0.4) is 0 Å². The number of amides is 8. The van der Waals surface area contributed by atoms with Crippen LogP contribution in [0.2, 0.25) is 0 Å². The number of likely N-dealkylation sites (tertiary alicyclic amines) is 1. The van der Waals surface area contributed by atoms with Gasteiger partial charge in [0.1, 0.15) is 48.8 Å². The maximum absolute atomic E-state index is 15.0. The Labute approximate surface area is 536 Å². The molecule has 0 aliphatic carbocycles. The molecule has 0 spiro atoms. The van der Waals surface area contributed by atoms with E-state index in [-0.39, 0.29) is 70.1 Å². The highest BCUT2D eigenvalue weighted by molar-refractivity contribution is 6.59. The number of carboxylic acids is 1. The van der Waals surface area contributed by atoms with Gasteiger partial charge in [0.05, 0.1) is 12.1 Å². The average molecular weight is 1270 g/mol. The number of aliphatic hydroxyl groups is 1. The van der Waals surface area contributed by atoms with Crippen molar-refractivity contribution in [3.63, 3.8) is 0 Å². The summed E-state index contributed by atoms with van der Waals surface area (Å²) in [4.78, 5) is 136. The van der Waals surface area contributed by atoms with Crippen LogP contribution >= 0.6 is 0 Å². The monoisotopic (exact) mass is 1270 g/mol. The molecule has 4 heterocycles. The van der Waals surface area contributed by atoms with Crippen LogP contribution in [0, 0.1) is 19.8 Å². The smallest absolute Gasteiger partial charge is 0.480 e. The van der Waals surface area contributed by atoms with Gasteiger partial charge in [-0.25, -0.2) is 0 Å². The Hall–Kier alpha value is -8.21. The number of fused-ring (bicyclic) bond motifs is 2. The van der Waals surface area contributed by atoms with Gasteiger partial charge in [-0.2, -0.15) is 0 Å². The number of rotatable bonds is 32. The van der Waals surface area contributed by atoms with Crippen molar-refractivity contribution in [1.29, 1.82) is 0 Å². The predicted molar refractivity (Wildman–Crippen MR) is 347 cm³/mol. The molecule has 2 aromatic heterocycles. The van der Waals surface area contributed by atoms with Gasteiger partial charge in [0.15, 0.2) is 0 Å². The van der Waals surface area contributed by atoms with Crippen molar-refractivity contribution in [2.75, 3.05) is 47.3 Å². The largest absolute Gasteiger partial charge is 0.488 e. The van der Waals surface area contributed by atoms with Crippen molar-refractivity contribution in [2.45, 2.75) is 166 Å². The minimum atomic E-state index is -1.66. The number of carbonyl (C=O) groups is 9. The van der Waals surface area contributed by atoms with Gasteiger partial charge in [-0.05, 0) is 99.2 Å². The molecule has 9 atom stereocenters. The molecule has 0 bridgehead atoms. The summed E-state index contributed by atoms with van der Waals surface area (Å²) < 4.78 is 1.52. The highest BCUT2D eigenvalue weighted by Crippen LogP contribution is 2.26. The van der Waals surface area contributed by atoms with Crippen molar-refractivity contribution in [3.8, 4) is 0 Å². The summed E-state index contributed by atoms with van der Waals surface area (Å²) in [5.41, 5.74) is 11.0. The van der Waals surface area contributed by atoms with E-state index in [4.69, 9.17) is 5.73 Å². The molecule has 8 amide bonds. The third-order valence-corrected chi connectivity index (χ3v) is 17.2. The molecule has 0 unspecified atom stereocenters. The van der Waals surface area contributed by atoms with E-state index in [9.17, 15) is 58.6 Å². The Bertz CT molecular complexity index is 3410. The number of hydrogen-bond donors (Lipinski definition) is 13. The summed E-state index contributed by atoms with van der Waals surface area (Å²) in [5.74, 6) is -6.55. The summed E-state index contributed by atoms with van der Waals surface area (Å²) in [6, 6.07) is 8.35. The molecular formula is C65H92BN13O13. The summed E-state index contributed by atoms with van der Waals surface area (Å²) in [6.07, 6.45) is 4.43. The number of aryl methyl sites for hydroxylation is 2. The van der Waals surface area contributed by atoms with Crippen LogP contribution in [-0.4, -0.2) is 207 Å². The lowest BCUT2D eigenvalue weighted by Crippen LogP contribution is -2.61. The molecule has 27 heteroatoms. The molecule has 5 aromatic rings. The van der Waals surface area contributed by atoms with E-state index < -0.39 is 115 Å². The van der Waals surface area contributed by atoms with Crippen LogP contribution < -0.4 is 48.4 Å². The minimum absolute atomic E-state index is 0.0758. The molecule has 498 valence electrons. The number of aliphatic carboxylic acids is 1. The van der Waals surface area contributed by atoms with E-state index >= 15 is 4.79 Å². The number of nitrogens with one attached hydrogen (secondary N) is 8. The number of para-hydroxylation sites is 2. The van der Waals surface area contributed by atoms with E-state index in [1.807, 2.05) is 39.0 Å². The van der Waals surface area contributed by atoms with Crippen LogP contribution in [0.1, 0.15) is 100.0 Å². The maximum Gasteiger partial charge on any atom is 0.488 e. The molecular weight excluding hydrogens is 1180 g/mol. The molecule has 2 aliphatic rings. The number of nitrogens with zero attached hydrogens (tertiary/aromatic N) is 4. The summed E-state index contributed by atoms with van der Waals surface area (Å²) in [7, 11) is 2.99. The van der Waals surface area contributed by atoms with Gasteiger partial charge in [0.25, 0.3) is 0 Å². The maximum atomic E-state index is 15.0. The van der Waals surface area contributed by atoms with Gasteiger partial charge in [0, 0.05) is 94.2 Å². The van der Waals surface area contributed by atoms with Crippen molar-refractivity contribution in [3.05, 3.63) is 101 Å². The van der Waals surface area contributed by atoms with Crippen molar-refractivity contribution in [2.24, 2.45) is 11.7 Å². The van der Waals surface area contributed by atoms with Gasteiger partial charge in [-0.15, -0.1) is 0 Å². The molecule has 92 heavy (non-hydrogen) atoms. The Morgan fingerprint density at radius 3 is 2.04 bits per heavy atom. The lowest BCUT2D eigenvalue weighted by Gasteiger charge is -2.33. The second kappa shape index (κ2) is 32.9. The first-order valence-corrected chi connectivity index (χ1v) is 31.7. The van der Waals surface area contributed by atoms with Gasteiger partial charge >= 0.3 is 13.1 Å². The SMILES string of the molecule is CCCC[C@@H](C(=O)N(C)C)N(C)C(=O)[C@H](Cc1cn(CC(=O)O)c2ccccc12)NC(=O)[C@H](CCN)NC(=O)[C@H](Cc1c[nH]c2ccccc12)NC(=O)[C@@H]1C[C@@H](O)CN1C(=O)[C@H](CC(C)C)NC(=O)[C@H](CNCc1cc(C)c(B(O)O)c(C)c1)NC(=O)[C@@H]1CCCN1. The van der Waals surface area contributed by atoms with Gasteiger partial charge in [-0.1, -0.05) is 93.3 Å². The van der Waals surface area contributed by atoms with Crippen LogP contribution in [0.15, 0.2) is 73.1 Å². The third-order valence-electron chi connectivity index (χ3n) is 17.2. The molecule has 26 nitrogen and oxygen atoms in total. The fourth-order valence-corrected chi connectivity index (χ4v) is 12.5. The molecule has 7 rings (SSSR count). The second-order valence-corrected chi connectivity index (χ2v) is 25.0. The van der Waals surface area contributed by atoms with Crippen LogP contribution in [0.5, 0.6) is 0 Å². The van der Waals surface area contributed by atoms with E-state index in [1.165, 1.54) is 26.3 Å². The molecule has 3 aromatic carbocycles. The third kappa shape index (κ3) is 18.3. The number of aromatic amines is 1. The number of nitrogens with two attached hydrogens (primary N) is 1. The first-order chi connectivity index (χ1) is 43.8. The molecule has 0 radical (unpaired) electrons. The lowest BCUT2D eigenvalue weighted by molar-refractivity contribution is -0.145. The number of hydrogen-bond acceptors (Lipinski definition) is 15. The van der Waals surface area contributed by atoms with Crippen molar-refractivity contribution < 1.29 is 63.4 Å². The number of H-pyrrole nitrogens is 1. The van der Waals surface area contributed by atoms with Crippen molar-refractivity contribution in [1.82, 2.24) is 61.5 Å². The Balaban J connectivity index is 1.15. The van der Waals surface area contributed by atoms with E-state index in [2.05, 4.69) is 42.2 Å². The lowest BCUT2D eigenvalue weighted by atomic mass is 9.74. The summed E-state index contributed by atoms with van der Waals surface area (Å²) >= 11 is 0. The quantitative estimate of drug-likeness (QED) is 0.0246. The minimum Gasteiger partial charge on any atom is -0.480 e. The van der Waals surface area contributed by atoms with Crippen LogP contribution in [0.4, 0.5) is 0 Å². The van der Waals surface area contributed by atoms with E-state index in [0.717, 1.165) is 29.3 Å². The topological polar surface area (TPSA) is 375 Å². The first-order valence-electron chi connectivity index (χ1n) is 31.7. The number of unbranched alkanes of at least 4 members (excludes halogenated alkanes) is 1. The number of likely N-dealkylation sites (N-methyl/N-ethyl adjacent to an activating group) is 2. The Morgan fingerprint density at radius 1 is 0.772 bits per heavy atom. The van der Waals surface area contributed by atoms with Crippen LogP contribution in [-0.2, 0) is 69.1 Å². The van der Waals surface area contributed by atoms with Gasteiger partial charge in [0.2, 0.25) is 47.3 Å². The zero-order valence-electron chi connectivity index (χ0n) is 53.9. The number of benzene rings is 3. The van der Waals surface area contributed by atoms with Gasteiger partial charge in [-0.3, -0.25) is 43.2 Å². The zero-order chi connectivity index (χ0) is 67.1. The Morgan fingerprint density at radius 2 is 1.40 bits per heavy atom. The molecule has 14 N–H and O–H groups in total. The number of aliphatic hydroxyl groups excluding tert-OH is 1. The first kappa shape index (κ1) is 71.2. The molecule has 2 fully saturated rings. The number of β-amino-alcohol motifs (C(OH)–C–C–N with tert-alkyl or cyclic N) is 1. The number of aromatic nitrogens is 2. The summed E-state index contributed by atoms with van der Waals surface area (Å²) in [5, 5.41) is 62.8. The number of carboxylic acid groups (broad SMARTS) is 1. The predicted octanol–water partition coefficient (Wildman–Crippen LogP) is -0.283. The number of carbonyl (C=O) groups excluding carboxylic acids is 8. The summed E-state index contributed by atoms with van der Waals surface area (Å²) in [6.45, 7) is 9.09. The van der Waals surface area contributed by atoms with E-state index in [0.29, 0.717) is 64.4 Å². The Kier molecular flexibility index (Phi) is 25.5. The molecule has 2 saturated heterocycles. The van der Waals surface area contributed by atoms with Crippen LogP contribution in [0.25, 0.3) is 21.8 Å².